The summed E-state index contributed by atoms with van der Waals surface area (Å²) in [6.07, 6.45) is 6.42. The molecule has 120 valence electrons. The maximum atomic E-state index is 12.1. The summed E-state index contributed by atoms with van der Waals surface area (Å²) in [7, 11) is 0. The summed E-state index contributed by atoms with van der Waals surface area (Å²) in [6, 6.07) is 11.1. The van der Waals surface area contributed by atoms with Crippen LogP contribution in [-0.4, -0.2) is 19.4 Å². The Morgan fingerprint density at radius 1 is 0.750 bits per heavy atom. The molecule has 0 saturated carbocycles. The van der Waals surface area contributed by atoms with E-state index in [0.717, 1.165) is 11.1 Å². The zero-order valence-electron chi connectivity index (χ0n) is 12.7. The van der Waals surface area contributed by atoms with Crippen molar-refractivity contribution in [3.8, 4) is 23.0 Å². The van der Waals surface area contributed by atoms with Crippen LogP contribution in [0.1, 0.15) is 11.1 Å². The van der Waals surface area contributed by atoms with Gasteiger partial charge in [-0.1, -0.05) is 24.3 Å². The minimum atomic E-state index is -0.136. The zero-order chi connectivity index (χ0) is 16.4. The molecule has 0 N–H and O–H groups in total. The van der Waals surface area contributed by atoms with E-state index in [9.17, 15) is 4.79 Å². The monoisotopic (exact) mass is 322 g/mol. The highest BCUT2D eigenvalue weighted by Crippen LogP contribution is 2.37. The van der Waals surface area contributed by atoms with Crippen molar-refractivity contribution in [3.05, 3.63) is 59.7 Å². The number of hydrogen-bond acceptors (Lipinski definition) is 5. The van der Waals surface area contributed by atoms with Crippen LogP contribution in [0.2, 0.25) is 0 Å². The first kappa shape index (κ1) is 14.4. The van der Waals surface area contributed by atoms with E-state index >= 15 is 0 Å². The Morgan fingerprint density at radius 2 is 1.25 bits per heavy atom. The SMILES string of the molecule is O=C(C=Cc1cccc2c1OCO2)C=Cc1cccc2c1OCO2. The van der Waals surface area contributed by atoms with E-state index in [1.54, 1.807) is 12.2 Å². The van der Waals surface area contributed by atoms with E-state index in [4.69, 9.17) is 18.9 Å². The number of ketones is 1. The molecule has 0 bridgehead atoms. The summed E-state index contributed by atoms with van der Waals surface area (Å²) in [6.45, 7) is 0.407. The molecule has 0 amide bonds. The second-order valence-corrected chi connectivity index (χ2v) is 5.23. The van der Waals surface area contributed by atoms with Crippen molar-refractivity contribution in [1.82, 2.24) is 0 Å². The van der Waals surface area contributed by atoms with Gasteiger partial charge in [-0.2, -0.15) is 0 Å². The van der Waals surface area contributed by atoms with Gasteiger partial charge in [-0.05, 0) is 36.4 Å². The fourth-order valence-electron chi connectivity index (χ4n) is 2.57. The lowest BCUT2D eigenvalue weighted by molar-refractivity contribution is -0.110. The van der Waals surface area contributed by atoms with Crippen molar-refractivity contribution < 1.29 is 23.7 Å². The van der Waals surface area contributed by atoms with E-state index < -0.39 is 0 Å². The molecular weight excluding hydrogens is 308 g/mol. The molecule has 0 aromatic heterocycles. The number of ether oxygens (including phenoxy) is 4. The molecule has 0 atom stereocenters. The van der Waals surface area contributed by atoms with Crippen molar-refractivity contribution in [1.29, 1.82) is 0 Å². The van der Waals surface area contributed by atoms with Crippen LogP contribution in [0.25, 0.3) is 12.2 Å². The van der Waals surface area contributed by atoms with Crippen LogP contribution in [-0.2, 0) is 4.79 Å². The Bertz CT molecular complexity index is 781. The molecule has 2 heterocycles. The van der Waals surface area contributed by atoms with Crippen molar-refractivity contribution in [2.75, 3.05) is 13.6 Å². The Kier molecular flexibility index (Phi) is 3.67. The molecule has 0 unspecified atom stereocenters. The molecular formula is C19H14O5. The van der Waals surface area contributed by atoms with Gasteiger partial charge in [0.25, 0.3) is 0 Å². The van der Waals surface area contributed by atoms with Crippen LogP contribution >= 0.6 is 0 Å². The van der Waals surface area contributed by atoms with Crippen LogP contribution in [0, 0.1) is 0 Å². The Hall–Kier alpha value is -3.21. The minimum absolute atomic E-state index is 0.136. The molecule has 0 aliphatic carbocycles. The summed E-state index contributed by atoms with van der Waals surface area (Å²) in [5.74, 6) is 2.58. The highest BCUT2D eigenvalue weighted by molar-refractivity contribution is 6.04. The molecule has 2 aliphatic rings. The van der Waals surface area contributed by atoms with Crippen molar-refractivity contribution >= 4 is 17.9 Å². The van der Waals surface area contributed by atoms with Crippen LogP contribution in [0.15, 0.2) is 48.6 Å². The van der Waals surface area contributed by atoms with Gasteiger partial charge in [-0.15, -0.1) is 0 Å². The van der Waals surface area contributed by atoms with Gasteiger partial charge >= 0.3 is 0 Å². The van der Waals surface area contributed by atoms with Gasteiger partial charge in [0.05, 0.1) is 0 Å². The average Bonchev–Trinajstić information content (AvgIpc) is 3.26. The lowest BCUT2D eigenvalue weighted by Gasteiger charge is -2.00. The third-order valence-electron chi connectivity index (χ3n) is 3.71. The van der Waals surface area contributed by atoms with Gasteiger partial charge in [0.15, 0.2) is 28.8 Å². The van der Waals surface area contributed by atoms with Crippen molar-refractivity contribution in [2.45, 2.75) is 0 Å². The summed E-state index contributed by atoms with van der Waals surface area (Å²) in [5, 5.41) is 0. The Balaban J connectivity index is 1.50. The van der Waals surface area contributed by atoms with Gasteiger partial charge in [0, 0.05) is 11.1 Å². The van der Waals surface area contributed by atoms with Crippen LogP contribution in [0.5, 0.6) is 23.0 Å². The molecule has 0 fully saturated rings. The van der Waals surface area contributed by atoms with Crippen LogP contribution in [0.4, 0.5) is 0 Å². The predicted molar refractivity (Wildman–Crippen MR) is 88.2 cm³/mol. The van der Waals surface area contributed by atoms with E-state index in [1.165, 1.54) is 12.2 Å². The summed E-state index contributed by atoms with van der Waals surface area (Å²) in [5.41, 5.74) is 1.62. The molecule has 2 aromatic carbocycles. The molecule has 0 spiro atoms. The summed E-state index contributed by atoms with van der Waals surface area (Å²) >= 11 is 0. The fraction of sp³-hybridized carbons (Fsp3) is 0.105. The smallest absolute Gasteiger partial charge is 0.231 e. The molecule has 4 rings (SSSR count). The van der Waals surface area contributed by atoms with Gasteiger partial charge in [-0.3, -0.25) is 4.79 Å². The Morgan fingerprint density at radius 3 is 1.75 bits per heavy atom. The molecule has 0 radical (unpaired) electrons. The first-order valence-electron chi connectivity index (χ1n) is 7.48. The van der Waals surface area contributed by atoms with Crippen molar-refractivity contribution in [3.63, 3.8) is 0 Å². The first-order valence-corrected chi connectivity index (χ1v) is 7.48. The molecule has 2 aliphatic heterocycles. The second-order valence-electron chi connectivity index (χ2n) is 5.23. The second kappa shape index (κ2) is 6.12. The highest BCUT2D eigenvalue weighted by Gasteiger charge is 2.16. The van der Waals surface area contributed by atoms with Gasteiger partial charge in [0.1, 0.15) is 0 Å². The maximum Gasteiger partial charge on any atom is 0.231 e. The predicted octanol–water partition coefficient (Wildman–Crippen LogP) is 3.44. The lowest BCUT2D eigenvalue weighted by atomic mass is 10.1. The van der Waals surface area contributed by atoms with Crippen LogP contribution in [0.3, 0.4) is 0 Å². The topological polar surface area (TPSA) is 54.0 Å². The molecule has 2 aromatic rings. The number of carbonyl (C=O) groups excluding carboxylic acids is 1. The summed E-state index contributed by atoms with van der Waals surface area (Å²) < 4.78 is 21.4. The van der Waals surface area contributed by atoms with E-state index in [1.807, 2.05) is 36.4 Å². The zero-order valence-corrected chi connectivity index (χ0v) is 12.7. The first-order chi connectivity index (χ1) is 11.8. The van der Waals surface area contributed by atoms with Gasteiger partial charge in [-0.25, -0.2) is 0 Å². The largest absolute Gasteiger partial charge is 0.454 e. The van der Waals surface area contributed by atoms with Crippen LogP contribution < -0.4 is 18.9 Å². The Labute approximate surface area is 138 Å². The highest BCUT2D eigenvalue weighted by atomic mass is 16.7. The average molecular weight is 322 g/mol. The molecule has 5 heteroatoms. The van der Waals surface area contributed by atoms with Crippen molar-refractivity contribution in [2.24, 2.45) is 0 Å². The third kappa shape index (κ3) is 2.72. The lowest BCUT2D eigenvalue weighted by Crippen LogP contribution is -1.93. The number of carbonyl (C=O) groups is 1. The normalized spacial score (nSPS) is 14.7. The molecule has 5 nitrogen and oxygen atoms in total. The van der Waals surface area contributed by atoms with E-state index in [2.05, 4.69) is 0 Å². The quantitative estimate of drug-likeness (QED) is 0.807. The maximum absolute atomic E-state index is 12.1. The molecule has 24 heavy (non-hydrogen) atoms. The number of allylic oxidation sites excluding steroid dienone is 2. The number of hydrogen-bond donors (Lipinski definition) is 0. The van der Waals surface area contributed by atoms with Gasteiger partial charge < -0.3 is 18.9 Å². The number of benzene rings is 2. The standard InChI is InChI=1S/C19H14O5/c20-15(9-7-13-3-1-5-16-18(13)23-11-21-16)10-8-14-4-2-6-17-19(14)24-12-22-17/h1-10H,11-12H2. The van der Waals surface area contributed by atoms with E-state index in [-0.39, 0.29) is 19.4 Å². The van der Waals surface area contributed by atoms with Gasteiger partial charge in [0.2, 0.25) is 13.6 Å². The number of rotatable bonds is 4. The fourth-order valence-corrected chi connectivity index (χ4v) is 2.57. The number of para-hydroxylation sites is 2. The van der Waals surface area contributed by atoms with E-state index in [0.29, 0.717) is 23.0 Å². The summed E-state index contributed by atoms with van der Waals surface area (Å²) in [4.78, 5) is 12.1. The minimum Gasteiger partial charge on any atom is -0.454 e. The third-order valence-corrected chi connectivity index (χ3v) is 3.71. The molecule has 0 saturated heterocycles. The number of fused-ring (bicyclic) bond motifs is 2.